The number of carbonyl (C=O) groups is 2. The predicted octanol–water partition coefficient (Wildman–Crippen LogP) is 4.36. The van der Waals surface area contributed by atoms with Gasteiger partial charge < -0.3 is 10.5 Å². The molecule has 2 heterocycles. The van der Waals surface area contributed by atoms with Gasteiger partial charge in [-0.05, 0) is 48.9 Å². The lowest BCUT2D eigenvalue weighted by Gasteiger charge is -2.24. The molecule has 38 heavy (non-hydrogen) atoms. The largest absolute Gasteiger partial charge is 0.464 e. The fraction of sp³-hybridized carbons (Fsp3) is 0.200. The summed E-state index contributed by atoms with van der Waals surface area (Å²) in [6.07, 6.45) is 5.87. The van der Waals surface area contributed by atoms with Gasteiger partial charge in [-0.15, -0.1) is 0 Å². The quantitative estimate of drug-likeness (QED) is 0.219. The first kappa shape index (κ1) is 27.4. The number of hydrogen-bond acceptors (Lipinski definition) is 7. The van der Waals surface area contributed by atoms with Crippen molar-refractivity contribution in [2.24, 2.45) is 5.73 Å². The zero-order valence-corrected chi connectivity index (χ0v) is 22.5. The number of amides is 1. The van der Waals surface area contributed by atoms with E-state index in [1.165, 1.54) is 30.6 Å². The number of rotatable bonds is 10. The third kappa shape index (κ3) is 5.90. The van der Waals surface area contributed by atoms with Crippen LogP contribution in [0.1, 0.15) is 30.3 Å². The fourth-order valence-corrected chi connectivity index (χ4v) is 5.80. The van der Waals surface area contributed by atoms with Gasteiger partial charge in [0.25, 0.3) is 15.9 Å². The third-order valence-corrected chi connectivity index (χ3v) is 7.75. The average Bonchev–Trinajstić information content (AvgIpc) is 3.30. The van der Waals surface area contributed by atoms with Gasteiger partial charge in [0.05, 0.1) is 35.1 Å². The normalized spacial score (nSPS) is 11.4. The van der Waals surface area contributed by atoms with Crippen molar-refractivity contribution in [2.45, 2.75) is 24.7 Å². The molecule has 10 nitrogen and oxygen atoms in total. The number of carbonyl (C=O) groups excluding carboxylic acids is 2. The van der Waals surface area contributed by atoms with E-state index in [4.69, 9.17) is 33.7 Å². The topological polar surface area (TPSA) is 137 Å². The molecule has 0 fully saturated rings. The lowest BCUT2D eigenvalue weighted by molar-refractivity contribution is -0.141. The molecule has 2 N–H and O–H groups in total. The highest BCUT2D eigenvalue weighted by Crippen LogP contribution is 2.31. The summed E-state index contributed by atoms with van der Waals surface area (Å²) in [7, 11) is -4.26. The van der Waals surface area contributed by atoms with Crippen LogP contribution in [0, 0.1) is 0 Å². The Morgan fingerprint density at radius 2 is 1.79 bits per heavy atom. The van der Waals surface area contributed by atoms with Crippen LogP contribution >= 0.6 is 23.2 Å². The second-order valence-electron chi connectivity index (χ2n) is 8.24. The number of nitrogens with zero attached hydrogens (tertiary/aromatic N) is 4. The fourth-order valence-electron chi connectivity index (χ4n) is 3.67. The lowest BCUT2D eigenvalue weighted by atomic mass is 10.2. The summed E-state index contributed by atoms with van der Waals surface area (Å²) in [5, 5.41) is 0.932. The number of sulfonamides is 1. The number of fused-ring (bicyclic) bond motifs is 1. The molecule has 0 aliphatic heterocycles. The number of benzene rings is 2. The number of anilines is 1. The number of halogens is 2. The van der Waals surface area contributed by atoms with E-state index in [-0.39, 0.29) is 32.9 Å². The Kier molecular flexibility index (Phi) is 8.20. The van der Waals surface area contributed by atoms with Gasteiger partial charge in [0, 0.05) is 21.6 Å². The van der Waals surface area contributed by atoms with Crippen molar-refractivity contribution in [3.05, 3.63) is 76.8 Å². The molecule has 0 atom stereocenters. The maximum absolute atomic E-state index is 13.7. The Morgan fingerprint density at radius 3 is 2.42 bits per heavy atom. The molecule has 0 radical (unpaired) electrons. The maximum Gasteiger partial charge on any atom is 0.326 e. The number of hydrogen-bond donors (Lipinski definition) is 1. The van der Waals surface area contributed by atoms with Crippen LogP contribution < -0.4 is 10.0 Å². The minimum absolute atomic E-state index is 0.0280. The lowest BCUT2D eigenvalue weighted by Crippen LogP contribution is -2.36. The molecular formula is C25H23Cl2N5O5S. The highest BCUT2D eigenvalue weighted by atomic mass is 35.5. The number of ether oxygens (including phenoxy) is 1. The predicted molar refractivity (Wildman–Crippen MR) is 144 cm³/mol. The van der Waals surface area contributed by atoms with E-state index >= 15 is 0 Å². The monoisotopic (exact) mass is 575 g/mol. The molecule has 0 saturated heterocycles. The smallest absolute Gasteiger partial charge is 0.326 e. The molecule has 4 rings (SSSR count). The van der Waals surface area contributed by atoms with E-state index in [2.05, 4.69) is 9.97 Å². The van der Waals surface area contributed by atoms with E-state index in [0.29, 0.717) is 23.1 Å². The molecule has 0 aliphatic rings. The van der Waals surface area contributed by atoms with E-state index in [9.17, 15) is 18.0 Å². The van der Waals surface area contributed by atoms with E-state index in [1.807, 2.05) is 6.92 Å². The molecule has 0 unspecified atom stereocenters. The second-order valence-corrected chi connectivity index (χ2v) is 11.0. The molecule has 0 saturated carbocycles. The molecule has 0 aliphatic carbocycles. The first-order valence-corrected chi connectivity index (χ1v) is 13.7. The van der Waals surface area contributed by atoms with Gasteiger partial charge in [0.1, 0.15) is 12.2 Å². The van der Waals surface area contributed by atoms with Crippen molar-refractivity contribution >= 4 is 61.7 Å². The van der Waals surface area contributed by atoms with E-state index in [1.54, 1.807) is 35.0 Å². The Hall–Kier alpha value is -3.67. The molecule has 13 heteroatoms. The number of unbranched alkanes of at least 4 members (excludes halogenated alkanes) is 1. The van der Waals surface area contributed by atoms with Gasteiger partial charge in [-0.2, -0.15) is 0 Å². The van der Waals surface area contributed by atoms with E-state index in [0.717, 1.165) is 10.7 Å². The molecule has 1 amide bonds. The van der Waals surface area contributed by atoms with Crippen molar-refractivity contribution in [2.75, 3.05) is 17.5 Å². The van der Waals surface area contributed by atoms with Gasteiger partial charge in [0.2, 0.25) is 0 Å². The number of aromatic nitrogens is 3. The average molecular weight is 576 g/mol. The van der Waals surface area contributed by atoms with E-state index < -0.39 is 28.4 Å². The van der Waals surface area contributed by atoms with Crippen LogP contribution in [0.3, 0.4) is 0 Å². The van der Waals surface area contributed by atoms with Crippen LogP contribution in [0.5, 0.6) is 0 Å². The van der Waals surface area contributed by atoms with Gasteiger partial charge in [0.15, 0.2) is 5.82 Å². The SMILES string of the molecule is CCCCOC(=O)CN(c1ccc2c(ccn2-c2cnc(C(N)=O)cn2)c1)S(=O)(=O)c1cc(Cl)cc(Cl)c1. The van der Waals surface area contributed by atoms with Crippen LogP contribution in [-0.4, -0.2) is 48.0 Å². The highest BCUT2D eigenvalue weighted by Gasteiger charge is 2.29. The minimum Gasteiger partial charge on any atom is -0.464 e. The van der Waals surface area contributed by atoms with Crippen LogP contribution in [0.4, 0.5) is 5.69 Å². The summed E-state index contributed by atoms with van der Waals surface area (Å²) in [6.45, 7) is 1.58. The van der Waals surface area contributed by atoms with Gasteiger partial charge in [-0.25, -0.2) is 18.4 Å². The Morgan fingerprint density at radius 1 is 1.05 bits per heavy atom. The molecular weight excluding hydrogens is 553 g/mol. The van der Waals surface area contributed by atoms with Crippen molar-refractivity contribution in [3.63, 3.8) is 0 Å². The van der Waals surface area contributed by atoms with Crippen molar-refractivity contribution in [1.82, 2.24) is 14.5 Å². The van der Waals surface area contributed by atoms with Crippen molar-refractivity contribution < 1.29 is 22.7 Å². The summed E-state index contributed by atoms with van der Waals surface area (Å²) in [5.41, 5.74) is 6.17. The molecule has 0 spiro atoms. The molecule has 0 bridgehead atoms. The molecule has 4 aromatic rings. The van der Waals surface area contributed by atoms with Crippen LogP contribution in [0.25, 0.3) is 16.7 Å². The molecule has 2 aromatic carbocycles. The first-order valence-electron chi connectivity index (χ1n) is 11.5. The van der Waals surface area contributed by atoms with Crippen LogP contribution in [0.15, 0.2) is 66.0 Å². The number of primary amides is 1. The minimum atomic E-state index is -4.26. The summed E-state index contributed by atoms with van der Waals surface area (Å²) >= 11 is 12.1. The molecule has 2 aromatic heterocycles. The Bertz CT molecular complexity index is 1590. The summed E-state index contributed by atoms with van der Waals surface area (Å²) in [6, 6.07) is 10.6. The Balaban J connectivity index is 1.74. The van der Waals surface area contributed by atoms with Gasteiger partial charge >= 0.3 is 5.97 Å². The standard InChI is InChI=1S/C25H23Cl2N5O5S/c1-2-3-8-37-24(33)15-32(38(35,36)20-11-17(26)10-18(27)12-20)19-4-5-22-16(9-19)6-7-31(22)23-14-29-21(13-30-23)25(28)34/h4-7,9-14H,2-3,8,15H2,1H3,(H2,28,34). The van der Waals surface area contributed by atoms with Crippen molar-refractivity contribution in [3.8, 4) is 5.82 Å². The zero-order chi connectivity index (χ0) is 27.4. The zero-order valence-electron chi connectivity index (χ0n) is 20.2. The highest BCUT2D eigenvalue weighted by molar-refractivity contribution is 7.92. The maximum atomic E-state index is 13.7. The molecule has 198 valence electrons. The number of nitrogens with two attached hydrogens (primary N) is 1. The van der Waals surface area contributed by atoms with Crippen molar-refractivity contribution in [1.29, 1.82) is 0 Å². The van der Waals surface area contributed by atoms with Crippen LogP contribution in [-0.2, 0) is 19.6 Å². The summed E-state index contributed by atoms with van der Waals surface area (Å²) in [5.74, 6) is -0.963. The second kappa shape index (κ2) is 11.4. The summed E-state index contributed by atoms with van der Waals surface area (Å²) < 4.78 is 35.3. The first-order chi connectivity index (χ1) is 18.1. The van der Waals surface area contributed by atoms with Crippen LogP contribution in [0.2, 0.25) is 10.0 Å². The van der Waals surface area contributed by atoms with Gasteiger partial charge in [-0.3, -0.25) is 18.5 Å². The number of esters is 1. The summed E-state index contributed by atoms with van der Waals surface area (Å²) in [4.78, 5) is 32.0. The van der Waals surface area contributed by atoms with Gasteiger partial charge in [-0.1, -0.05) is 36.5 Å². The third-order valence-electron chi connectivity index (χ3n) is 5.56. The Labute approximate surface area is 229 Å².